The third-order valence-corrected chi connectivity index (χ3v) is 2.12. The smallest absolute Gasteiger partial charge is 1.00 e. The molecule has 0 spiro atoms. The summed E-state index contributed by atoms with van der Waals surface area (Å²) in [5.41, 5.74) is 0. The number of hydrogen-bond donors (Lipinski definition) is 0. The number of halogens is 4. The van der Waals surface area contributed by atoms with Crippen molar-refractivity contribution in [1.29, 1.82) is 0 Å². The van der Waals surface area contributed by atoms with Gasteiger partial charge in [-0.3, -0.25) is 0 Å². The van der Waals surface area contributed by atoms with E-state index in [0.29, 0.717) is 0 Å². The van der Waals surface area contributed by atoms with Crippen molar-refractivity contribution < 1.29 is 68.0 Å². The summed E-state index contributed by atoms with van der Waals surface area (Å²) in [7, 11) is -0.274. The normalized spacial score (nSPS) is 12.4. The Kier molecular flexibility index (Phi) is 25.1. The second-order valence-electron chi connectivity index (χ2n) is 1.56. The zero-order valence-electron chi connectivity index (χ0n) is 5.78. The van der Waals surface area contributed by atoms with E-state index in [0.717, 1.165) is 16.2 Å². The minimum atomic E-state index is -0.274. The molecular weight excluding hydrogens is 385 g/mol. The molecule has 0 aromatic heterocycles. The zero-order valence-corrected chi connectivity index (χ0v) is 13.1. The van der Waals surface area contributed by atoms with E-state index in [2.05, 4.69) is 15.9 Å². The molecule has 7 heteroatoms. The minimum Gasteiger partial charge on any atom is -1.00 e. The molecule has 0 amide bonds. The molecule has 0 aromatic rings. The predicted molar refractivity (Wildman–Crippen MR) is 38.7 cm³/mol. The van der Waals surface area contributed by atoms with Gasteiger partial charge in [0.15, 0.2) is 5.31 Å². The first-order valence-corrected chi connectivity index (χ1v) is 3.97. The summed E-state index contributed by atoms with van der Waals surface area (Å²) in [6.07, 6.45) is 4.74. The summed E-state index contributed by atoms with van der Waals surface area (Å²) in [6, 6.07) is 0. The largest absolute Gasteiger partial charge is 3.00 e. The van der Waals surface area contributed by atoms with Crippen LogP contribution in [0.4, 0.5) is 0 Å². The third-order valence-electron chi connectivity index (χ3n) is 0.960. The molecule has 1 atom stereocenters. The standard InChI is InChI=1S/C5H4BrOP.3ClH.Zr/c6-4-1-2-5(3-4)8-7;;;;/h1,3H,2H2;3*1H;/q;;;;+3/p-2. The van der Waals surface area contributed by atoms with E-state index in [1.54, 1.807) is 0 Å². The number of hydrogen-bond acceptors (Lipinski definition) is 1. The Balaban J connectivity index is -0.0000000800. The van der Waals surface area contributed by atoms with Crippen LogP contribution in [0.1, 0.15) is 6.42 Å². The summed E-state index contributed by atoms with van der Waals surface area (Å²) in [5, 5.41) is 0.997. The van der Waals surface area contributed by atoms with Gasteiger partial charge < -0.3 is 37.2 Å². The van der Waals surface area contributed by atoms with Crippen molar-refractivity contribution in [2.75, 3.05) is 0 Å². The molecule has 1 aliphatic rings. The van der Waals surface area contributed by atoms with Gasteiger partial charge in [0.25, 0.3) is 0 Å². The van der Waals surface area contributed by atoms with Crippen molar-refractivity contribution >= 4 is 24.4 Å². The Bertz CT molecular complexity index is 186. The first kappa shape index (κ1) is 23.5. The SMILES string of the molecule is O=[PH+]C1=CC(Br)=CC1.[Cl-].[Cl-].[Cl-].[Zr+3]. The van der Waals surface area contributed by atoms with Gasteiger partial charge in [-0.15, -0.1) is 0 Å². The molecule has 0 heterocycles. The van der Waals surface area contributed by atoms with E-state index in [1.165, 1.54) is 0 Å². The second kappa shape index (κ2) is 12.8. The predicted octanol–water partition coefficient (Wildman–Crippen LogP) is -6.41. The summed E-state index contributed by atoms with van der Waals surface area (Å²) in [5.74, 6) is 0. The van der Waals surface area contributed by atoms with Crippen LogP contribution in [-0.4, -0.2) is 0 Å². The molecule has 1 nitrogen and oxygen atoms in total. The fourth-order valence-corrected chi connectivity index (χ4v) is 1.61. The molecule has 1 unspecified atom stereocenters. The van der Waals surface area contributed by atoms with Gasteiger partial charge in [0.1, 0.15) is 0 Å². The van der Waals surface area contributed by atoms with E-state index < -0.39 is 0 Å². The topological polar surface area (TPSA) is 17.1 Å². The Morgan fingerprint density at radius 2 is 1.83 bits per heavy atom. The number of allylic oxidation sites excluding steroid dienone is 4. The summed E-state index contributed by atoms with van der Waals surface area (Å²) < 4.78 is 11.2. The fraction of sp³-hybridized carbons (Fsp3) is 0.200. The average Bonchev–Trinajstić information content (AvgIpc) is 2.14. The molecule has 0 bridgehead atoms. The summed E-state index contributed by atoms with van der Waals surface area (Å²) >= 11 is 3.27. The molecule has 67 valence electrons. The molecule has 0 aromatic carbocycles. The minimum absolute atomic E-state index is 0. The Labute approximate surface area is 120 Å². The van der Waals surface area contributed by atoms with Crippen molar-refractivity contribution in [2.24, 2.45) is 0 Å². The van der Waals surface area contributed by atoms with Crippen LogP contribution in [0, 0.1) is 0 Å². The van der Waals surface area contributed by atoms with E-state index in [1.807, 2.05) is 12.2 Å². The monoisotopic (exact) mass is 386 g/mol. The second-order valence-corrected chi connectivity index (χ2v) is 3.33. The first-order valence-electron chi connectivity index (χ1n) is 2.27. The summed E-state index contributed by atoms with van der Waals surface area (Å²) in [6.45, 7) is 0. The van der Waals surface area contributed by atoms with E-state index >= 15 is 0 Å². The van der Waals surface area contributed by atoms with Crippen LogP contribution in [0.15, 0.2) is 21.9 Å². The van der Waals surface area contributed by atoms with E-state index in [-0.39, 0.29) is 71.9 Å². The van der Waals surface area contributed by atoms with Gasteiger partial charge in [-0.25, -0.2) is 0 Å². The molecule has 0 saturated heterocycles. The van der Waals surface area contributed by atoms with Crippen LogP contribution in [-0.2, 0) is 30.8 Å². The van der Waals surface area contributed by atoms with Gasteiger partial charge in [-0.05, 0) is 0 Å². The van der Waals surface area contributed by atoms with E-state index in [9.17, 15) is 4.57 Å². The maximum Gasteiger partial charge on any atom is 3.00 e. The van der Waals surface area contributed by atoms with Crippen molar-refractivity contribution in [3.8, 4) is 0 Å². The van der Waals surface area contributed by atoms with Crippen LogP contribution in [0.3, 0.4) is 0 Å². The van der Waals surface area contributed by atoms with Crippen LogP contribution < -0.4 is 37.2 Å². The molecule has 0 aliphatic heterocycles. The molecular formula is C5H5BrCl3OPZr+. The fourth-order valence-electron chi connectivity index (χ4n) is 0.563. The maximum atomic E-state index is 10.2. The van der Waals surface area contributed by atoms with Gasteiger partial charge in [0.05, 0.1) is 0 Å². The van der Waals surface area contributed by atoms with Gasteiger partial charge in [0, 0.05) is 17.0 Å². The molecule has 1 radical (unpaired) electrons. The molecule has 1 rings (SSSR count). The van der Waals surface area contributed by atoms with Crippen molar-refractivity contribution in [2.45, 2.75) is 6.42 Å². The average molecular weight is 390 g/mol. The van der Waals surface area contributed by atoms with Crippen LogP contribution >= 0.6 is 24.4 Å². The Morgan fingerprint density at radius 3 is 2.00 bits per heavy atom. The van der Waals surface area contributed by atoms with Crippen molar-refractivity contribution in [1.82, 2.24) is 0 Å². The van der Waals surface area contributed by atoms with Crippen molar-refractivity contribution in [3.05, 3.63) is 21.9 Å². The van der Waals surface area contributed by atoms with Gasteiger partial charge in [-0.2, -0.15) is 0 Å². The van der Waals surface area contributed by atoms with Gasteiger partial charge in [0.2, 0.25) is 0 Å². The third kappa shape index (κ3) is 8.41. The molecule has 0 N–H and O–H groups in total. The number of rotatable bonds is 1. The van der Waals surface area contributed by atoms with Gasteiger partial charge >= 0.3 is 34.7 Å². The van der Waals surface area contributed by atoms with E-state index in [4.69, 9.17) is 0 Å². The quantitative estimate of drug-likeness (QED) is 0.408. The Morgan fingerprint density at radius 1 is 1.33 bits per heavy atom. The maximum absolute atomic E-state index is 10.2. The molecule has 1 aliphatic carbocycles. The summed E-state index contributed by atoms with van der Waals surface area (Å²) in [4.78, 5) is 0. The van der Waals surface area contributed by atoms with Crippen LogP contribution in [0.5, 0.6) is 0 Å². The first-order chi connectivity index (χ1) is 3.83. The van der Waals surface area contributed by atoms with Crippen LogP contribution in [0.25, 0.3) is 0 Å². The van der Waals surface area contributed by atoms with Crippen molar-refractivity contribution in [3.63, 3.8) is 0 Å². The Hall–Kier alpha value is 1.81. The van der Waals surface area contributed by atoms with Crippen LogP contribution in [0.2, 0.25) is 0 Å². The zero-order chi connectivity index (χ0) is 5.98. The molecule has 0 fully saturated rings. The molecule has 0 saturated carbocycles. The molecule has 12 heavy (non-hydrogen) atoms. The van der Waals surface area contributed by atoms with Gasteiger partial charge in [-0.1, -0.05) is 26.6 Å².